The third-order valence-corrected chi connectivity index (χ3v) is 13.2. The average molecular weight is 1100 g/mol. The van der Waals surface area contributed by atoms with Gasteiger partial charge in [-0.25, -0.2) is 0 Å². The van der Waals surface area contributed by atoms with Crippen molar-refractivity contribution >= 4 is 17.9 Å². The zero-order chi connectivity index (χ0) is 57.6. The van der Waals surface area contributed by atoms with E-state index in [2.05, 4.69) is 135 Å². The first kappa shape index (κ1) is 74.7. The molecule has 0 radical (unpaired) electrons. The highest BCUT2D eigenvalue weighted by atomic mass is 16.7. The number of aliphatic carboxylic acids is 1. The maximum atomic E-state index is 12.9. The fourth-order valence-electron chi connectivity index (χ4n) is 8.36. The standard InChI is InChI=1S/C70H117NO8/c1-6-8-10-12-14-16-18-20-22-24-26-28-30-31-32-33-34-35-36-37-39-40-42-44-46-48-50-52-54-56-58-60-67(72)77-64-66(65-78-70(69(74)75)76-63-62-71(3,4)5)79-68(73)61-59-57-55-53-51-49-47-45-43-41-38-29-27-25-23-21-19-17-15-13-11-9-7-2/h9,11,15,17-18,20-21,23-24,26-27,29-31,41,43,47,49,53,55,66,70H,6-8,10,12-14,16,19,22,25,28,32-40,42,44-46,48,50-52,54,56-65H2,1-5H3/b11-9-,17-15-,20-18-,23-21-,26-24-,29-27-,31-30-,43-41-,49-47-,55-53-. The average Bonchev–Trinajstić information content (AvgIpc) is 3.42. The molecule has 9 nitrogen and oxygen atoms in total. The Hall–Kier alpha value is -4.31. The summed E-state index contributed by atoms with van der Waals surface area (Å²) in [6.45, 7) is 4.55. The molecule has 0 aromatic heterocycles. The Kier molecular flexibility index (Phi) is 56.5. The molecule has 0 saturated carbocycles. The molecule has 0 saturated heterocycles. The Balaban J connectivity index is 4.25. The minimum Gasteiger partial charge on any atom is -0.545 e. The maximum absolute atomic E-state index is 12.9. The van der Waals surface area contributed by atoms with Crippen molar-refractivity contribution in [1.82, 2.24) is 0 Å². The number of carboxylic acid groups (broad SMARTS) is 1. The van der Waals surface area contributed by atoms with Crippen molar-refractivity contribution in [2.45, 2.75) is 257 Å². The Labute approximate surface area is 485 Å². The molecule has 0 heterocycles. The van der Waals surface area contributed by atoms with Crippen molar-refractivity contribution in [3.05, 3.63) is 122 Å². The van der Waals surface area contributed by atoms with Gasteiger partial charge in [-0.15, -0.1) is 0 Å². The predicted molar refractivity (Wildman–Crippen MR) is 333 cm³/mol. The summed E-state index contributed by atoms with van der Waals surface area (Å²) in [5, 5.41) is 11.8. The summed E-state index contributed by atoms with van der Waals surface area (Å²) in [7, 11) is 5.90. The van der Waals surface area contributed by atoms with Gasteiger partial charge in [0.1, 0.15) is 13.2 Å². The highest BCUT2D eigenvalue weighted by Crippen LogP contribution is 2.16. The molecule has 0 amide bonds. The number of unbranched alkanes of at least 4 members (excludes halogenated alkanes) is 22. The van der Waals surface area contributed by atoms with Crippen LogP contribution >= 0.6 is 0 Å². The van der Waals surface area contributed by atoms with Crippen molar-refractivity contribution in [3.8, 4) is 0 Å². The minimum absolute atomic E-state index is 0.131. The van der Waals surface area contributed by atoms with Crippen LogP contribution in [0.5, 0.6) is 0 Å². The van der Waals surface area contributed by atoms with Gasteiger partial charge in [0.05, 0.1) is 40.3 Å². The van der Waals surface area contributed by atoms with Crippen molar-refractivity contribution in [2.24, 2.45) is 0 Å². The van der Waals surface area contributed by atoms with Crippen LogP contribution in [0.25, 0.3) is 0 Å². The first-order valence-electron chi connectivity index (χ1n) is 31.7. The van der Waals surface area contributed by atoms with Crippen LogP contribution in [-0.2, 0) is 33.3 Å². The van der Waals surface area contributed by atoms with Gasteiger partial charge in [0.25, 0.3) is 0 Å². The number of hydrogen-bond donors (Lipinski definition) is 0. The summed E-state index contributed by atoms with van der Waals surface area (Å²) in [5.74, 6) is -2.37. The molecule has 0 aliphatic heterocycles. The van der Waals surface area contributed by atoms with E-state index in [1.54, 1.807) is 0 Å². The van der Waals surface area contributed by atoms with Gasteiger partial charge in [-0.05, 0) is 103 Å². The van der Waals surface area contributed by atoms with Gasteiger partial charge >= 0.3 is 11.9 Å². The quantitative estimate of drug-likeness (QED) is 0.0195. The summed E-state index contributed by atoms with van der Waals surface area (Å²) in [6, 6.07) is 0. The first-order valence-corrected chi connectivity index (χ1v) is 31.7. The van der Waals surface area contributed by atoms with E-state index >= 15 is 0 Å². The summed E-state index contributed by atoms with van der Waals surface area (Å²) in [4.78, 5) is 37.3. The number of quaternary nitrogens is 1. The molecule has 0 N–H and O–H groups in total. The second-order valence-corrected chi connectivity index (χ2v) is 22.0. The maximum Gasteiger partial charge on any atom is 0.306 e. The molecule has 0 spiro atoms. The molecular formula is C70H117NO8. The fourth-order valence-corrected chi connectivity index (χ4v) is 8.36. The molecule has 2 atom stereocenters. The number of rotatable bonds is 57. The zero-order valence-electron chi connectivity index (χ0n) is 51.2. The largest absolute Gasteiger partial charge is 0.545 e. The van der Waals surface area contributed by atoms with Crippen LogP contribution in [0.3, 0.4) is 0 Å². The number of allylic oxidation sites excluding steroid dienone is 20. The normalized spacial score (nSPS) is 13.6. The summed E-state index contributed by atoms with van der Waals surface area (Å²) in [6.07, 6.45) is 81.3. The van der Waals surface area contributed by atoms with Gasteiger partial charge in [-0.1, -0.05) is 251 Å². The van der Waals surface area contributed by atoms with Crippen molar-refractivity contribution < 1.29 is 42.9 Å². The first-order chi connectivity index (χ1) is 38.6. The second-order valence-electron chi connectivity index (χ2n) is 22.0. The number of carboxylic acids is 1. The lowest BCUT2D eigenvalue weighted by atomic mass is 10.0. The van der Waals surface area contributed by atoms with Gasteiger partial charge in [-0.3, -0.25) is 9.59 Å². The molecule has 0 aliphatic rings. The molecule has 0 aliphatic carbocycles. The predicted octanol–water partition coefficient (Wildman–Crippen LogP) is 17.9. The lowest BCUT2D eigenvalue weighted by Crippen LogP contribution is -2.44. The van der Waals surface area contributed by atoms with E-state index in [4.69, 9.17) is 18.9 Å². The number of nitrogens with zero attached hydrogens (tertiary/aromatic N) is 1. The van der Waals surface area contributed by atoms with E-state index in [1.807, 2.05) is 21.1 Å². The smallest absolute Gasteiger partial charge is 0.306 e. The second kappa shape index (κ2) is 59.8. The highest BCUT2D eigenvalue weighted by Gasteiger charge is 2.22. The molecule has 0 bridgehead atoms. The monoisotopic (exact) mass is 1100 g/mol. The molecule has 0 rings (SSSR count). The van der Waals surface area contributed by atoms with Crippen LogP contribution in [-0.4, -0.2) is 82.3 Å². The molecule has 450 valence electrons. The summed E-state index contributed by atoms with van der Waals surface area (Å²) >= 11 is 0. The summed E-state index contributed by atoms with van der Waals surface area (Å²) in [5.41, 5.74) is 0. The van der Waals surface area contributed by atoms with Gasteiger partial charge < -0.3 is 33.3 Å². The topological polar surface area (TPSA) is 111 Å². The molecule has 9 heteroatoms. The highest BCUT2D eigenvalue weighted by molar-refractivity contribution is 5.70. The third kappa shape index (κ3) is 61.2. The summed E-state index contributed by atoms with van der Waals surface area (Å²) < 4.78 is 22.7. The van der Waals surface area contributed by atoms with Gasteiger partial charge in [0.15, 0.2) is 12.4 Å². The van der Waals surface area contributed by atoms with Crippen LogP contribution in [0, 0.1) is 0 Å². The van der Waals surface area contributed by atoms with Crippen molar-refractivity contribution in [2.75, 3.05) is 47.5 Å². The van der Waals surface area contributed by atoms with E-state index in [0.717, 1.165) is 77.0 Å². The lowest BCUT2D eigenvalue weighted by Gasteiger charge is -2.26. The SMILES string of the molecule is CC/C=C\C/C=C\C/C=C\C/C=C\C/C=C\C/C=C\C/C=C\CCCC(=O)OC(COC(=O)CCCCCCCCCCCCCCCCCC/C=C\C/C=C\C/C=C\CCCCCCC)COC(OCC[N+](C)(C)C)C(=O)[O-]. The number of esters is 2. The van der Waals surface area contributed by atoms with Crippen LogP contribution < -0.4 is 5.11 Å². The Morgan fingerprint density at radius 1 is 0.392 bits per heavy atom. The van der Waals surface area contributed by atoms with Crippen LogP contribution in [0.15, 0.2) is 122 Å². The van der Waals surface area contributed by atoms with E-state index in [1.165, 1.54) is 128 Å². The van der Waals surface area contributed by atoms with Crippen molar-refractivity contribution in [3.63, 3.8) is 0 Å². The Morgan fingerprint density at radius 3 is 1.11 bits per heavy atom. The molecule has 79 heavy (non-hydrogen) atoms. The van der Waals surface area contributed by atoms with E-state index < -0.39 is 24.3 Å². The number of ether oxygens (including phenoxy) is 4. The molecular weight excluding hydrogens is 983 g/mol. The molecule has 0 aromatic rings. The van der Waals surface area contributed by atoms with E-state index in [0.29, 0.717) is 23.9 Å². The molecule has 0 aromatic carbocycles. The van der Waals surface area contributed by atoms with Crippen LogP contribution in [0.2, 0.25) is 0 Å². The number of carbonyl (C=O) groups is 3. The van der Waals surface area contributed by atoms with E-state index in [-0.39, 0.29) is 38.6 Å². The van der Waals surface area contributed by atoms with Gasteiger partial charge in [0.2, 0.25) is 0 Å². The van der Waals surface area contributed by atoms with Crippen molar-refractivity contribution in [1.29, 1.82) is 0 Å². The van der Waals surface area contributed by atoms with Gasteiger partial charge in [-0.2, -0.15) is 0 Å². The van der Waals surface area contributed by atoms with Crippen LogP contribution in [0.1, 0.15) is 245 Å². The minimum atomic E-state index is -1.64. The van der Waals surface area contributed by atoms with Gasteiger partial charge in [0, 0.05) is 12.8 Å². The molecule has 2 unspecified atom stereocenters. The fraction of sp³-hybridized carbons (Fsp3) is 0.671. The Bertz CT molecular complexity index is 1710. The zero-order valence-corrected chi connectivity index (χ0v) is 51.2. The Morgan fingerprint density at radius 2 is 0.734 bits per heavy atom. The number of carbonyl (C=O) groups excluding carboxylic acids is 3. The third-order valence-electron chi connectivity index (χ3n) is 13.2. The number of hydrogen-bond acceptors (Lipinski definition) is 8. The molecule has 0 fully saturated rings. The van der Waals surface area contributed by atoms with E-state index in [9.17, 15) is 19.5 Å². The van der Waals surface area contributed by atoms with Crippen LogP contribution in [0.4, 0.5) is 0 Å². The lowest BCUT2D eigenvalue weighted by molar-refractivity contribution is -0.870. The number of likely N-dealkylation sites (N-methyl/N-ethyl adjacent to an activating group) is 1.